The Labute approximate surface area is 108 Å². The van der Waals surface area contributed by atoms with Crippen LogP contribution in [0.1, 0.15) is 24.0 Å². The van der Waals surface area contributed by atoms with Crippen molar-refractivity contribution in [3.05, 3.63) is 35.4 Å². The van der Waals surface area contributed by atoms with Crippen LogP contribution in [0.25, 0.3) is 0 Å². The summed E-state index contributed by atoms with van der Waals surface area (Å²) < 4.78 is 0. The number of benzene rings is 1. The van der Waals surface area contributed by atoms with Crippen LogP contribution in [0, 0.1) is 6.92 Å². The van der Waals surface area contributed by atoms with Gasteiger partial charge >= 0.3 is 0 Å². The van der Waals surface area contributed by atoms with Gasteiger partial charge in [0.2, 0.25) is 5.91 Å². The van der Waals surface area contributed by atoms with Gasteiger partial charge in [0.25, 0.3) is 0 Å². The Hall–Kier alpha value is -1.02. The molecule has 1 saturated heterocycles. The SMILES string of the molecule is Cc1cccc(CC(=O)N2CCC(Cl)CC2)c1. The molecule has 1 aliphatic rings. The van der Waals surface area contributed by atoms with E-state index in [0.29, 0.717) is 6.42 Å². The molecule has 0 aromatic heterocycles. The third-order valence-corrected chi connectivity index (χ3v) is 3.65. The molecule has 0 saturated carbocycles. The molecule has 1 heterocycles. The fourth-order valence-electron chi connectivity index (χ4n) is 2.21. The van der Waals surface area contributed by atoms with Crippen LogP contribution in [0.2, 0.25) is 0 Å². The van der Waals surface area contributed by atoms with E-state index in [2.05, 4.69) is 6.07 Å². The fraction of sp³-hybridized carbons (Fsp3) is 0.500. The number of carbonyl (C=O) groups is 1. The van der Waals surface area contributed by atoms with Crippen molar-refractivity contribution < 1.29 is 4.79 Å². The Bertz CT molecular complexity index is 397. The summed E-state index contributed by atoms with van der Waals surface area (Å²) >= 11 is 6.03. The topological polar surface area (TPSA) is 20.3 Å². The molecule has 1 aliphatic heterocycles. The van der Waals surface area contributed by atoms with Crippen molar-refractivity contribution >= 4 is 17.5 Å². The molecule has 1 aromatic carbocycles. The first-order valence-corrected chi connectivity index (χ1v) is 6.56. The van der Waals surface area contributed by atoms with Gasteiger partial charge in [0.15, 0.2) is 0 Å². The molecule has 2 nitrogen and oxygen atoms in total. The Balaban J connectivity index is 1.93. The Kier molecular flexibility index (Phi) is 4.06. The lowest BCUT2D eigenvalue weighted by atomic mass is 10.1. The molecular weight excluding hydrogens is 234 g/mol. The van der Waals surface area contributed by atoms with Crippen LogP contribution in [-0.4, -0.2) is 29.3 Å². The average Bonchev–Trinajstić information content (AvgIpc) is 2.29. The summed E-state index contributed by atoms with van der Waals surface area (Å²) in [5, 5.41) is 0.248. The minimum Gasteiger partial charge on any atom is -0.342 e. The number of hydrogen-bond acceptors (Lipinski definition) is 1. The van der Waals surface area contributed by atoms with Gasteiger partial charge in [0.05, 0.1) is 6.42 Å². The highest BCUT2D eigenvalue weighted by molar-refractivity contribution is 6.20. The number of aryl methyl sites for hydroxylation is 1. The summed E-state index contributed by atoms with van der Waals surface area (Å²) in [4.78, 5) is 14.0. The molecule has 0 aliphatic carbocycles. The third-order valence-electron chi connectivity index (χ3n) is 3.22. The maximum Gasteiger partial charge on any atom is 0.226 e. The molecule has 0 radical (unpaired) electrons. The maximum absolute atomic E-state index is 12.1. The first kappa shape index (κ1) is 12.4. The van der Waals surface area contributed by atoms with Crippen molar-refractivity contribution in [3.8, 4) is 0 Å². The number of hydrogen-bond donors (Lipinski definition) is 0. The summed E-state index contributed by atoms with van der Waals surface area (Å²) in [6.45, 7) is 3.66. The number of halogens is 1. The third kappa shape index (κ3) is 3.47. The minimum absolute atomic E-state index is 0.221. The van der Waals surface area contributed by atoms with Gasteiger partial charge in [-0.1, -0.05) is 29.8 Å². The number of alkyl halides is 1. The normalized spacial score (nSPS) is 17.2. The predicted octanol–water partition coefficient (Wildman–Crippen LogP) is 2.77. The van der Waals surface area contributed by atoms with Crippen LogP contribution in [0.15, 0.2) is 24.3 Å². The first-order chi connectivity index (χ1) is 8.15. The summed E-state index contributed by atoms with van der Waals surface area (Å²) in [6.07, 6.45) is 2.34. The molecule has 1 fully saturated rings. The standard InChI is InChI=1S/C14H18ClNO/c1-11-3-2-4-12(9-11)10-14(17)16-7-5-13(15)6-8-16/h2-4,9,13H,5-8,10H2,1H3. The maximum atomic E-state index is 12.1. The fourth-order valence-corrected chi connectivity index (χ4v) is 2.40. The van der Waals surface area contributed by atoms with Crippen LogP contribution < -0.4 is 0 Å². The van der Waals surface area contributed by atoms with Crippen molar-refractivity contribution in [3.63, 3.8) is 0 Å². The number of likely N-dealkylation sites (tertiary alicyclic amines) is 1. The average molecular weight is 252 g/mol. The van der Waals surface area contributed by atoms with E-state index in [1.807, 2.05) is 30.0 Å². The monoisotopic (exact) mass is 251 g/mol. The Morgan fingerprint density at radius 3 is 2.76 bits per heavy atom. The van der Waals surface area contributed by atoms with E-state index in [0.717, 1.165) is 31.5 Å². The zero-order valence-electron chi connectivity index (χ0n) is 10.2. The smallest absolute Gasteiger partial charge is 0.226 e. The highest BCUT2D eigenvalue weighted by Gasteiger charge is 2.21. The second kappa shape index (κ2) is 5.54. The van der Waals surface area contributed by atoms with Crippen molar-refractivity contribution in [1.82, 2.24) is 4.90 Å². The lowest BCUT2D eigenvalue weighted by Crippen LogP contribution is -2.39. The number of carbonyl (C=O) groups excluding carboxylic acids is 1. The first-order valence-electron chi connectivity index (χ1n) is 6.12. The van der Waals surface area contributed by atoms with Gasteiger partial charge in [-0.2, -0.15) is 0 Å². The predicted molar refractivity (Wildman–Crippen MR) is 70.3 cm³/mol. The van der Waals surface area contributed by atoms with E-state index in [9.17, 15) is 4.79 Å². The zero-order chi connectivity index (χ0) is 12.3. The summed E-state index contributed by atoms with van der Waals surface area (Å²) in [5.74, 6) is 0.221. The van der Waals surface area contributed by atoms with Crippen molar-refractivity contribution in [2.45, 2.75) is 31.6 Å². The molecule has 0 atom stereocenters. The molecule has 0 bridgehead atoms. The molecule has 3 heteroatoms. The van der Waals surface area contributed by atoms with Gasteiger partial charge < -0.3 is 4.90 Å². The van der Waals surface area contributed by atoms with E-state index in [1.165, 1.54) is 5.56 Å². The molecule has 17 heavy (non-hydrogen) atoms. The second-order valence-corrected chi connectivity index (χ2v) is 5.34. The lowest BCUT2D eigenvalue weighted by molar-refractivity contribution is -0.131. The second-order valence-electron chi connectivity index (χ2n) is 4.72. The van der Waals surface area contributed by atoms with E-state index in [4.69, 9.17) is 11.6 Å². The van der Waals surface area contributed by atoms with Gasteiger partial charge in [-0.3, -0.25) is 4.79 Å². The quantitative estimate of drug-likeness (QED) is 0.741. The van der Waals surface area contributed by atoms with Gasteiger partial charge in [-0.15, -0.1) is 11.6 Å². The van der Waals surface area contributed by atoms with Crippen molar-refractivity contribution in [1.29, 1.82) is 0 Å². The Morgan fingerprint density at radius 2 is 2.12 bits per heavy atom. The molecule has 0 unspecified atom stereocenters. The van der Waals surface area contributed by atoms with Gasteiger partial charge in [-0.05, 0) is 25.3 Å². The highest BCUT2D eigenvalue weighted by Crippen LogP contribution is 2.16. The summed E-state index contributed by atoms with van der Waals surface area (Å²) in [6, 6.07) is 8.14. The van der Waals surface area contributed by atoms with Crippen LogP contribution in [0.3, 0.4) is 0 Å². The molecule has 0 spiro atoms. The summed E-state index contributed by atoms with van der Waals surface area (Å²) in [5.41, 5.74) is 2.30. The highest BCUT2D eigenvalue weighted by atomic mass is 35.5. The minimum atomic E-state index is 0.221. The van der Waals surface area contributed by atoms with Gasteiger partial charge in [-0.25, -0.2) is 0 Å². The number of rotatable bonds is 2. The molecule has 0 N–H and O–H groups in total. The molecule has 1 amide bonds. The molecular formula is C14H18ClNO. The van der Waals surface area contributed by atoms with Crippen LogP contribution >= 0.6 is 11.6 Å². The number of nitrogens with zero attached hydrogens (tertiary/aromatic N) is 1. The van der Waals surface area contributed by atoms with Crippen LogP contribution in [0.5, 0.6) is 0 Å². The summed E-state index contributed by atoms with van der Waals surface area (Å²) in [7, 11) is 0. The van der Waals surface area contributed by atoms with Crippen molar-refractivity contribution in [2.24, 2.45) is 0 Å². The largest absolute Gasteiger partial charge is 0.342 e. The van der Waals surface area contributed by atoms with Crippen molar-refractivity contribution in [2.75, 3.05) is 13.1 Å². The van der Waals surface area contributed by atoms with Crippen LogP contribution in [0.4, 0.5) is 0 Å². The van der Waals surface area contributed by atoms with Crippen LogP contribution in [-0.2, 0) is 11.2 Å². The Morgan fingerprint density at radius 1 is 1.41 bits per heavy atom. The number of piperidine rings is 1. The van der Waals surface area contributed by atoms with E-state index in [1.54, 1.807) is 0 Å². The molecule has 2 rings (SSSR count). The van der Waals surface area contributed by atoms with Gasteiger partial charge in [0, 0.05) is 18.5 Å². The zero-order valence-corrected chi connectivity index (χ0v) is 10.9. The number of amides is 1. The van der Waals surface area contributed by atoms with Gasteiger partial charge in [0.1, 0.15) is 0 Å². The molecule has 1 aromatic rings. The van der Waals surface area contributed by atoms with E-state index in [-0.39, 0.29) is 11.3 Å². The van der Waals surface area contributed by atoms with E-state index >= 15 is 0 Å². The molecule has 92 valence electrons. The van der Waals surface area contributed by atoms with E-state index < -0.39 is 0 Å². The lowest BCUT2D eigenvalue weighted by Gasteiger charge is -2.29.